The number of halogens is 1. The number of aromatic hydroxyl groups is 1. The van der Waals surface area contributed by atoms with E-state index in [1.807, 2.05) is 0 Å². The van der Waals surface area contributed by atoms with Gasteiger partial charge in [-0.2, -0.15) is 4.39 Å². The van der Waals surface area contributed by atoms with Crippen LogP contribution in [0.2, 0.25) is 0 Å². The number of phenolic OH excluding ortho intramolecular Hbond substituents is 1. The molecule has 0 radical (unpaired) electrons. The zero-order valence-electron chi connectivity index (χ0n) is 9.33. The zero-order chi connectivity index (χ0) is 11.8. The number of benzene rings is 1. The molecule has 1 aromatic rings. The maximum absolute atomic E-state index is 13.8. The first-order valence-electron chi connectivity index (χ1n) is 5.79. The first-order chi connectivity index (χ1) is 8.27. The Balaban J connectivity index is 2.01. The van der Waals surface area contributed by atoms with Crippen LogP contribution in [-0.4, -0.2) is 25.0 Å². The highest BCUT2D eigenvalue weighted by Gasteiger charge is 2.28. The summed E-state index contributed by atoms with van der Waals surface area (Å²) in [5.41, 5.74) is 0.610. The number of nitrogens with one attached hydrogen (secondary N) is 1. The molecule has 0 aromatic heterocycles. The van der Waals surface area contributed by atoms with Gasteiger partial charge in [0.15, 0.2) is 11.5 Å². The molecular weight excluding hydrogens is 225 g/mol. The molecule has 92 valence electrons. The van der Waals surface area contributed by atoms with Gasteiger partial charge in [-0.1, -0.05) is 0 Å². The van der Waals surface area contributed by atoms with E-state index in [9.17, 15) is 9.50 Å². The first kappa shape index (κ1) is 10.7. The minimum absolute atomic E-state index is 0.0120. The van der Waals surface area contributed by atoms with Gasteiger partial charge in [-0.05, 0) is 25.5 Å². The summed E-state index contributed by atoms with van der Waals surface area (Å²) in [6.45, 7) is 1.75. The van der Waals surface area contributed by atoms with Crippen molar-refractivity contribution >= 4 is 0 Å². The summed E-state index contributed by atoms with van der Waals surface area (Å²) in [6.07, 6.45) is 1.97. The molecule has 1 saturated heterocycles. The van der Waals surface area contributed by atoms with Crippen molar-refractivity contribution in [1.29, 1.82) is 0 Å². The van der Waals surface area contributed by atoms with Gasteiger partial charge >= 0.3 is 0 Å². The molecule has 1 atom stereocenters. The van der Waals surface area contributed by atoms with E-state index in [2.05, 4.69) is 5.32 Å². The topological polar surface area (TPSA) is 50.7 Å². The fourth-order valence-electron chi connectivity index (χ4n) is 2.44. The minimum atomic E-state index is -0.708. The van der Waals surface area contributed by atoms with Gasteiger partial charge in [0.2, 0.25) is 18.4 Å². The van der Waals surface area contributed by atoms with Gasteiger partial charge in [-0.25, -0.2) is 0 Å². The van der Waals surface area contributed by atoms with E-state index >= 15 is 0 Å². The van der Waals surface area contributed by atoms with Crippen LogP contribution in [0.3, 0.4) is 0 Å². The summed E-state index contributed by atoms with van der Waals surface area (Å²) in [4.78, 5) is 0. The maximum atomic E-state index is 13.8. The fraction of sp³-hybridized carbons (Fsp3) is 0.500. The lowest BCUT2D eigenvalue weighted by molar-refractivity contribution is 0.170. The zero-order valence-corrected chi connectivity index (χ0v) is 9.33. The van der Waals surface area contributed by atoms with Crippen molar-refractivity contribution < 1.29 is 19.0 Å². The number of ether oxygens (including phenoxy) is 2. The Labute approximate surface area is 98.3 Å². The third kappa shape index (κ3) is 1.70. The second-order valence-corrected chi connectivity index (χ2v) is 4.41. The van der Waals surface area contributed by atoms with Crippen LogP contribution < -0.4 is 14.8 Å². The number of fused-ring (bicyclic) bond motifs is 1. The summed E-state index contributed by atoms with van der Waals surface area (Å²) in [6, 6.07) is 1.69. The van der Waals surface area contributed by atoms with Crippen LogP contribution in [0.25, 0.3) is 0 Å². The SMILES string of the molecule is Oc1c(C2CCCNC2)cc2c(c1F)OCO2. The predicted molar refractivity (Wildman–Crippen MR) is 59.0 cm³/mol. The summed E-state index contributed by atoms with van der Waals surface area (Å²) in [5, 5.41) is 13.1. The van der Waals surface area contributed by atoms with Crippen molar-refractivity contribution in [2.75, 3.05) is 19.9 Å². The Kier molecular flexibility index (Phi) is 2.55. The number of piperidine rings is 1. The second kappa shape index (κ2) is 4.07. The standard InChI is InChI=1S/C12H14FNO3/c13-10-11(15)8(7-2-1-3-14-5-7)4-9-12(10)17-6-16-9/h4,7,14-15H,1-3,5-6H2. The minimum Gasteiger partial charge on any atom is -0.505 e. The smallest absolute Gasteiger partial charge is 0.231 e. The average Bonchev–Trinajstić information content (AvgIpc) is 2.83. The van der Waals surface area contributed by atoms with Crippen LogP contribution in [-0.2, 0) is 0 Å². The molecule has 2 N–H and O–H groups in total. The van der Waals surface area contributed by atoms with E-state index in [1.165, 1.54) is 0 Å². The Morgan fingerprint density at radius 1 is 1.41 bits per heavy atom. The largest absolute Gasteiger partial charge is 0.505 e. The molecule has 4 nitrogen and oxygen atoms in total. The highest BCUT2D eigenvalue weighted by Crippen LogP contribution is 2.44. The first-order valence-corrected chi connectivity index (χ1v) is 5.79. The highest BCUT2D eigenvalue weighted by molar-refractivity contribution is 5.54. The Morgan fingerprint density at radius 3 is 3.06 bits per heavy atom. The van der Waals surface area contributed by atoms with Crippen LogP contribution in [0.1, 0.15) is 24.3 Å². The van der Waals surface area contributed by atoms with Crippen LogP contribution in [0.5, 0.6) is 17.2 Å². The molecule has 0 amide bonds. The molecule has 2 aliphatic rings. The predicted octanol–water partition coefficient (Wildman–Crippen LogP) is 1.73. The van der Waals surface area contributed by atoms with Crippen molar-refractivity contribution in [2.45, 2.75) is 18.8 Å². The molecule has 1 aromatic carbocycles. The number of rotatable bonds is 1. The van der Waals surface area contributed by atoms with Gasteiger partial charge in [0.1, 0.15) is 0 Å². The summed E-state index contributed by atoms with van der Waals surface area (Å²) >= 11 is 0. The monoisotopic (exact) mass is 239 g/mol. The molecule has 1 unspecified atom stereocenters. The lowest BCUT2D eigenvalue weighted by Gasteiger charge is -2.24. The molecule has 2 heterocycles. The summed E-state index contributed by atoms with van der Waals surface area (Å²) in [7, 11) is 0. The molecule has 1 fully saturated rings. The third-order valence-corrected chi connectivity index (χ3v) is 3.35. The van der Waals surface area contributed by atoms with Crippen LogP contribution >= 0.6 is 0 Å². The molecule has 0 spiro atoms. The summed E-state index contributed by atoms with van der Waals surface area (Å²) < 4.78 is 24.0. The third-order valence-electron chi connectivity index (χ3n) is 3.35. The van der Waals surface area contributed by atoms with E-state index in [0.717, 1.165) is 25.9 Å². The van der Waals surface area contributed by atoms with Crippen molar-refractivity contribution in [3.8, 4) is 17.2 Å². The summed E-state index contributed by atoms with van der Waals surface area (Å²) in [5.74, 6) is -0.466. The van der Waals surface area contributed by atoms with Gasteiger partial charge in [0.05, 0.1) is 0 Å². The van der Waals surface area contributed by atoms with Gasteiger partial charge in [-0.3, -0.25) is 0 Å². The van der Waals surface area contributed by atoms with Gasteiger partial charge < -0.3 is 19.9 Å². The lowest BCUT2D eigenvalue weighted by Crippen LogP contribution is -2.28. The van der Waals surface area contributed by atoms with E-state index < -0.39 is 5.82 Å². The van der Waals surface area contributed by atoms with E-state index in [4.69, 9.17) is 9.47 Å². The maximum Gasteiger partial charge on any atom is 0.231 e. The molecule has 2 aliphatic heterocycles. The fourth-order valence-corrected chi connectivity index (χ4v) is 2.44. The number of hydrogen-bond donors (Lipinski definition) is 2. The number of hydrogen-bond acceptors (Lipinski definition) is 4. The Morgan fingerprint density at radius 2 is 2.29 bits per heavy atom. The molecule has 17 heavy (non-hydrogen) atoms. The van der Waals surface area contributed by atoms with Crippen molar-refractivity contribution in [2.24, 2.45) is 0 Å². The number of phenols is 1. The van der Waals surface area contributed by atoms with Crippen molar-refractivity contribution in [1.82, 2.24) is 5.32 Å². The van der Waals surface area contributed by atoms with Crippen LogP contribution in [0.15, 0.2) is 6.07 Å². The van der Waals surface area contributed by atoms with E-state index in [1.54, 1.807) is 6.07 Å². The molecule has 3 rings (SSSR count). The normalized spacial score (nSPS) is 22.8. The van der Waals surface area contributed by atoms with Crippen molar-refractivity contribution in [3.63, 3.8) is 0 Å². The van der Waals surface area contributed by atoms with Gasteiger partial charge in [0.25, 0.3) is 0 Å². The van der Waals surface area contributed by atoms with E-state index in [0.29, 0.717) is 11.3 Å². The lowest BCUT2D eigenvalue weighted by atomic mass is 9.90. The molecule has 0 bridgehead atoms. The van der Waals surface area contributed by atoms with Crippen LogP contribution in [0, 0.1) is 5.82 Å². The average molecular weight is 239 g/mol. The second-order valence-electron chi connectivity index (χ2n) is 4.41. The molecule has 0 saturated carbocycles. The van der Waals surface area contributed by atoms with E-state index in [-0.39, 0.29) is 24.2 Å². The molecule has 0 aliphatic carbocycles. The Bertz CT molecular complexity index is 444. The van der Waals surface area contributed by atoms with Crippen LogP contribution in [0.4, 0.5) is 4.39 Å². The quantitative estimate of drug-likeness (QED) is 0.783. The molecule has 5 heteroatoms. The molecular formula is C12H14FNO3. The van der Waals surface area contributed by atoms with Gasteiger partial charge in [-0.15, -0.1) is 0 Å². The van der Waals surface area contributed by atoms with Gasteiger partial charge in [0, 0.05) is 18.0 Å². The Hall–Kier alpha value is -1.49. The highest BCUT2D eigenvalue weighted by atomic mass is 19.1. The van der Waals surface area contributed by atoms with Crippen molar-refractivity contribution in [3.05, 3.63) is 17.4 Å².